The van der Waals surface area contributed by atoms with Gasteiger partial charge in [-0.1, -0.05) is 48.5 Å². The Balaban J connectivity index is 1.57. The highest BCUT2D eigenvalue weighted by molar-refractivity contribution is 6.10. The molecule has 148 valence electrons. The third-order valence-corrected chi connectivity index (χ3v) is 5.40. The van der Waals surface area contributed by atoms with E-state index in [1.807, 2.05) is 54.3 Å². The van der Waals surface area contributed by atoms with Gasteiger partial charge in [-0.15, -0.1) is 0 Å². The van der Waals surface area contributed by atoms with Gasteiger partial charge in [0, 0.05) is 38.4 Å². The maximum atomic E-state index is 13.0. The van der Waals surface area contributed by atoms with Crippen LogP contribution < -0.4 is 5.32 Å². The zero-order chi connectivity index (χ0) is 20.1. The van der Waals surface area contributed by atoms with Crippen LogP contribution in [0.1, 0.15) is 25.0 Å². The number of benzene rings is 2. The van der Waals surface area contributed by atoms with Gasteiger partial charge in [-0.3, -0.25) is 14.5 Å². The Labute approximate surface area is 167 Å². The van der Waals surface area contributed by atoms with E-state index in [9.17, 15) is 9.59 Å². The van der Waals surface area contributed by atoms with Crippen molar-refractivity contribution in [1.29, 1.82) is 0 Å². The number of rotatable bonds is 5. The minimum atomic E-state index is -1.11. The van der Waals surface area contributed by atoms with E-state index in [0.29, 0.717) is 13.1 Å². The number of carbonyl (C=O) groups excluding carboxylic acids is 2. The van der Waals surface area contributed by atoms with Crippen molar-refractivity contribution < 1.29 is 9.59 Å². The van der Waals surface area contributed by atoms with Crippen LogP contribution in [0.2, 0.25) is 0 Å². The summed E-state index contributed by atoms with van der Waals surface area (Å²) >= 11 is 0. The second-order valence-electron chi connectivity index (χ2n) is 7.95. The van der Waals surface area contributed by atoms with Gasteiger partial charge in [-0.05, 0) is 38.0 Å². The SMILES string of the molecule is Cc1ccccc1NC(=O)C(C)(C)C(=O)N1CCN(Cc2ccccc2)CC1. The Bertz CT molecular complexity index is 825. The summed E-state index contributed by atoms with van der Waals surface area (Å²) in [5, 5.41) is 2.92. The molecule has 0 spiro atoms. The fourth-order valence-electron chi connectivity index (χ4n) is 3.43. The molecule has 1 N–H and O–H groups in total. The van der Waals surface area contributed by atoms with E-state index < -0.39 is 5.41 Å². The maximum Gasteiger partial charge on any atom is 0.239 e. The van der Waals surface area contributed by atoms with Crippen molar-refractivity contribution in [1.82, 2.24) is 9.80 Å². The summed E-state index contributed by atoms with van der Waals surface area (Å²) in [6, 6.07) is 18.0. The van der Waals surface area contributed by atoms with E-state index in [-0.39, 0.29) is 11.8 Å². The lowest BCUT2D eigenvalue weighted by Gasteiger charge is -2.38. The number of carbonyl (C=O) groups is 2. The molecule has 28 heavy (non-hydrogen) atoms. The molecule has 2 aromatic carbocycles. The Hall–Kier alpha value is -2.66. The lowest BCUT2D eigenvalue weighted by molar-refractivity contribution is -0.147. The summed E-state index contributed by atoms with van der Waals surface area (Å²) in [6.45, 7) is 9.17. The molecule has 5 nitrogen and oxygen atoms in total. The van der Waals surface area contributed by atoms with Crippen LogP contribution in [-0.4, -0.2) is 47.8 Å². The second kappa shape index (κ2) is 8.57. The molecule has 2 amide bonds. The monoisotopic (exact) mass is 379 g/mol. The molecule has 0 atom stereocenters. The Morgan fingerprint density at radius 1 is 0.929 bits per heavy atom. The Morgan fingerprint density at radius 2 is 1.54 bits per heavy atom. The number of piperazine rings is 1. The van der Waals surface area contributed by atoms with Crippen LogP contribution in [-0.2, 0) is 16.1 Å². The van der Waals surface area contributed by atoms with Crippen molar-refractivity contribution in [2.45, 2.75) is 27.3 Å². The van der Waals surface area contributed by atoms with Gasteiger partial charge in [0.25, 0.3) is 0 Å². The first-order valence-electron chi connectivity index (χ1n) is 9.80. The largest absolute Gasteiger partial charge is 0.339 e. The fourth-order valence-corrected chi connectivity index (χ4v) is 3.43. The number of nitrogens with one attached hydrogen (secondary N) is 1. The normalized spacial score (nSPS) is 15.3. The Morgan fingerprint density at radius 3 is 2.18 bits per heavy atom. The summed E-state index contributed by atoms with van der Waals surface area (Å²) in [4.78, 5) is 30.0. The average molecular weight is 380 g/mol. The minimum absolute atomic E-state index is 0.113. The molecule has 1 aliphatic heterocycles. The number of aryl methyl sites for hydroxylation is 1. The summed E-state index contributed by atoms with van der Waals surface area (Å²) in [5.74, 6) is -0.378. The van der Waals surface area contributed by atoms with Crippen LogP contribution in [0.3, 0.4) is 0 Å². The predicted molar refractivity (Wildman–Crippen MR) is 112 cm³/mol. The molecule has 1 aliphatic rings. The second-order valence-corrected chi connectivity index (χ2v) is 7.95. The number of amides is 2. The van der Waals surface area contributed by atoms with E-state index in [1.165, 1.54) is 5.56 Å². The number of para-hydroxylation sites is 1. The molecule has 0 radical (unpaired) electrons. The van der Waals surface area contributed by atoms with Crippen molar-refractivity contribution in [2.24, 2.45) is 5.41 Å². The molecular weight excluding hydrogens is 350 g/mol. The molecule has 0 bridgehead atoms. The Kier molecular flexibility index (Phi) is 6.15. The van der Waals surface area contributed by atoms with Gasteiger partial charge in [-0.2, -0.15) is 0 Å². The highest BCUT2D eigenvalue weighted by atomic mass is 16.2. The smallest absolute Gasteiger partial charge is 0.239 e. The van der Waals surface area contributed by atoms with Crippen LogP contribution in [0.15, 0.2) is 54.6 Å². The summed E-state index contributed by atoms with van der Waals surface area (Å²) < 4.78 is 0. The van der Waals surface area contributed by atoms with Crippen molar-refractivity contribution >= 4 is 17.5 Å². The predicted octanol–water partition coefficient (Wildman–Crippen LogP) is 3.30. The molecule has 0 unspecified atom stereocenters. The maximum absolute atomic E-state index is 13.0. The van der Waals surface area contributed by atoms with Gasteiger partial charge < -0.3 is 10.2 Å². The topological polar surface area (TPSA) is 52.7 Å². The number of hydrogen-bond acceptors (Lipinski definition) is 3. The van der Waals surface area contributed by atoms with Gasteiger partial charge >= 0.3 is 0 Å². The molecule has 0 saturated carbocycles. The van der Waals surface area contributed by atoms with E-state index >= 15 is 0 Å². The molecule has 5 heteroatoms. The minimum Gasteiger partial charge on any atom is -0.339 e. The van der Waals surface area contributed by atoms with E-state index in [2.05, 4.69) is 22.3 Å². The lowest BCUT2D eigenvalue weighted by Crippen LogP contribution is -2.54. The van der Waals surface area contributed by atoms with Crippen LogP contribution in [0, 0.1) is 12.3 Å². The molecule has 1 fully saturated rings. The third-order valence-electron chi connectivity index (χ3n) is 5.40. The van der Waals surface area contributed by atoms with Crippen molar-refractivity contribution in [3.8, 4) is 0 Å². The van der Waals surface area contributed by atoms with Crippen LogP contribution in [0.4, 0.5) is 5.69 Å². The van der Waals surface area contributed by atoms with Crippen molar-refractivity contribution in [3.05, 3.63) is 65.7 Å². The van der Waals surface area contributed by atoms with Gasteiger partial charge in [0.15, 0.2) is 0 Å². The zero-order valence-corrected chi connectivity index (χ0v) is 16.9. The average Bonchev–Trinajstić information content (AvgIpc) is 2.70. The first kappa shape index (κ1) is 20.1. The van der Waals surface area contributed by atoms with E-state index in [4.69, 9.17) is 0 Å². The fraction of sp³-hybridized carbons (Fsp3) is 0.391. The summed E-state index contributed by atoms with van der Waals surface area (Å²) in [5.41, 5.74) is 1.90. The lowest BCUT2D eigenvalue weighted by atomic mass is 9.89. The summed E-state index contributed by atoms with van der Waals surface area (Å²) in [6.07, 6.45) is 0. The third kappa shape index (κ3) is 4.60. The van der Waals surface area contributed by atoms with E-state index in [1.54, 1.807) is 13.8 Å². The number of hydrogen-bond donors (Lipinski definition) is 1. The van der Waals surface area contributed by atoms with Crippen molar-refractivity contribution in [3.63, 3.8) is 0 Å². The first-order valence-corrected chi connectivity index (χ1v) is 9.80. The molecule has 3 rings (SSSR count). The number of anilines is 1. The van der Waals surface area contributed by atoms with Gasteiger partial charge in [0.1, 0.15) is 5.41 Å². The van der Waals surface area contributed by atoms with Crippen LogP contribution >= 0.6 is 0 Å². The molecule has 1 heterocycles. The van der Waals surface area contributed by atoms with Gasteiger partial charge in [-0.25, -0.2) is 0 Å². The summed E-state index contributed by atoms with van der Waals surface area (Å²) in [7, 11) is 0. The molecule has 0 aromatic heterocycles. The van der Waals surface area contributed by atoms with E-state index in [0.717, 1.165) is 30.9 Å². The molecule has 1 saturated heterocycles. The standard InChI is InChI=1S/C23H29N3O2/c1-18-9-7-8-12-20(18)24-21(27)23(2,3)22(28)26-15-13-25(14-16-26)17-19-10-5-4-6-11-19/h4-12H,13-17H2,1-3H3,(H,24,27). The van der Waals surface area contributed by atoms with Crippen LogP contribution in [0.25, 0.3) is 0 Å². The molecule has 0 aliphatic carbocycles. The quantitative estimate of drug-likeness (QED) is 0.811. The zero-order valence-electron chi connectivity index (χ0n) is 16.9. The van der Waals surface area contributed by atoms with Gasteiger partial charge in [0.05, 0.1) is 0 Å². The van der Waals surface area contributed by atoms with Crippen LogP contribution in [0.5, 0.6) is 0 Å². The number of nitrogens with zero attached hydrogens (tertiary/aromatic N) is 2. The first-order chi connectivity index (χ1) is 13.4. The van der Waals surface area contributed by atoms with Gasteiger partial charge in [0.2, 0.25) is 11.8 Å². The highest BCUT2D eigenvalue weighted by Gasteiger charge is 2.40. The molecule has 2 aromatic rings. The highest BCUT2D eigenvalue weighted by Crippen LogP contribution is 2.24. The van der Waals surface area contributed by atoms with Crippen molar-refractivity contribution in [2.75, 3.05) is 31.5 Å². The molecular formula is C23H29N3O2.